The van der Waals surface area contributed by atoms with Crippen LogP contribution in [0.5, 0.6) is 5.75 Å². The topological polar surface area (TPSA) is 89.2 Å². The van der Waals surface area contributed by atoms with Gasteiger partial charge in [-0.05, 0) is 67.0 Å². The van der Waals surface area contributed by atoms with Gasteiger partial charge in [0.2, 0.25) is 5.76 Å². The van der Waals surface area contributed by atoms with E-state index in [-0.39, 0.29) is 17.4 Å². The first-order valence-corrected chi connectivity index (χ1v) is 9.70. The van der Waals surface area contributed by atoms with Crippen LogP contribution < -0.4 is 4.74 Å². The van der Waals surface area contributed by atoms with E-state index in [1.807, 2.05) is 41.5 Å². The lowest BCUT2D eigenvalue weighted by Crippen LogP contribution is -2.48. The molecule has 1 aromatic heterocycles. The van der Waals surface area contributed by atoms with Crippen molar-refractivity contribution in [3.05, 3.63) is 29.5 Å². The van der Waals surface area contributed by atoms with Crippen LogP contribution in [0.3, 0.4) is 0 Å². The Bertz CT molecular complexity index is 885. The van der Waals surface area contributed by atoms with Gasteiger partial charge in [0, 0.05) is 17.6 Å². The summed E-state index contributed by atoms with van der Waals surface area (Å²) in [6, 6.07) is 5.26. The van der Waals surface area contributed by atoms with Crippen molar-refractivity contribution in [3.63, 3.8) is 0 Å². The normalized spacial score (nSPS) is 12.1. The monoisotopic (exact) mass is 405 g/mol. The van der Waals surface area contributed by atoms with Crippen molar-refractivity contribution in [2.45, 2.75) is 66.0 Å². The quantitative estimate of drug-likeness (QED) is 0.661. The Morgan fingerprint density at radius 3 is 2.34 bits per heavy atom. The molecule has 0 fully saturated rings. The van der Waals surface area contributed by atoms with Crippen LogP contribution in [0.15, 0.2) is 22.6 Å². The Morgan fingerprint density at radius 1 is 1.14 bits per heavy atom. The second kappa shape index (κ2) is 8.35. The summed E-state index contributed by atoms with van der Waals surface area (Å²) in [7, 11) is 0. The summed E-state index contributed by atoms with van der Waals surface area (Å²) in [6.45, 7) is 13.9. The number of aryl methyl sites for hydroxylation is 1. The number of benzene rings is 1. The molecule has 160 valence electrons. The highest BCUT2D eigenvalue weighted by molar-refractivity contribution is 5.97. The van der Waals surface area contributed by atoms with Gasteiger partial charge in [0.25, 0.3) is 0 Å². The zero-order valence-corrected chi connectivity index (χ0v) is 18.3. The minimum absolute atomic E-state index is 0.0834. The largest absolute Gasteiger partial charge is 0.493 e. The maximum atomic E-state index is 12.6. The summed E-state index contributed by atoms with van der Waals surface area (Å²) in [5, 5.41) is 9.91. The number of carboxylic acid groups (broad SMARTS) is 1. The number of carboxylic acids is 1. The molecular weight excluding hydrogens is 374 g/mol. The molecule has 1 amide bonds. The van der Waals surface area contributed by atoms with Crippen molar-refractivity contribution in [1.29, 1.82) is 0 Å². The first-order chi connectivity index (χ1) is 13.3. The zero-order chi connectivity index (χ0) is 22.0. The number of ether oxygens (including phenoxy) is 2. The lowest BCUT2D eigenvalue weighted by atomic mass is 10.1. The Morgan fingerprint density at radius 2 is 1.79 bits per heavy atom. The van der Waals surface area contributed by atoms with Crippen LogP contribution >= 0.6 is 0 Å². The molecule has 29 heavy (non-hydrogen) atoms. The fourth-order valence-electron chi connectivity index (χ4n) is 3.01. The summed E-state index contributed by atoms with van der Waals surface area (Å²) in [6.07, 6.45) is 0.235. The highest BCUT2D eigenvalue weighted by Crippen LogP contribution is 2.33. The third kappa shape index (κ3) is 5.65. The van der Waals surface area contributed by atoms with E-state index < -0.39 is 11.6 Å². The molecule has 1 N–H and O–H groups in total. The molecule has 0 aliphatic heterocycles. The minimum Gasteiger partial charge on any atom is -0.493 e. The number of aromatic carboxylic acids is 1. The summed E-state index contributed by atoms with van der Waals surface area (Å²) in [5.41, 5.74) is 0.0587. The van der Waals surface area contributed by atoms with Crippen LogP contribution in [0.1, 0.15) is 64.1 Å². The lowest BCUT2D eigenvalue weighted by molar-refractivity contribution is 0.00520. The Balaban J connectivity index is 2.07. The van der Waals surface area contributed by atoms with E-state index in [9.17, 15) is 14.7 Å². The Kier molecular flexibility index (Phi) is 6.50. The number of hydrogen-bond acceptors (Lipinski definition) is 5. The van der Waals surface area contributed by atoms with Gasteiger partial charge in [-0.25, -0.2) is 9.59 Å². The SMILES string of the molecule is Cc1c(C(=O)O)oc2cccc(OCCCN(C(=O)OC(C)(C)C)C(C)(C)C)c12. The smallest absolute Gasteiger partial charge is 0.410 e. The molecule has 2 aromatic rings. The van der Waals surface area contributed by atoms with E-state index in [0.29, 0.717) is 41.9 Å². The molecule has 0 bridgehead atoms. The molecule has 0 spiro atoms. The number of fused-ring (bicyclic) bond motifs is 1. The molecule has 0 unspecified atom stereocenters. The number of furan rings is 1. The van der Waals surface area contributed by atoms with Crippen molar-refractivity contribution in [1.82, 2.24) is 4.90 Å². The molecule has 0 aliphatic rings. The number of amides is 1. The van der Waals surface area contributed by atoms with Crippen LogP contribution in [0.25, 0.3) is 11.0 Å². The second-order valence-electron chi connectivity index (χ2n) is 9.00. The summed E-state index contributed by atoms with van der Waals surface area (Å²) < 4.78 is 16.8. The highest BCUT2D eigenvalue weighted by Gasteiger charge is 2.30. The van der Waals surface area contributed by atoms with E-state index in [2.05, 4.69) is 0 Å². The minimum atomic E-state index is -1.11. The van der Waals surface area contributed by atoms with Gasteiger partial charge < -0.3 is 23.9 Å². The number of hydrogen-bond donors (Lipinski definition) is 1. The van der Waals surface area contributed by atoms with Crippen LogP contribution in [0, 0.1) is 6.92 Å². The molecule has 0 saturated heterocycles. The van der Waals surface area contributed by atoms with Crippen molar-refractivity contribution in [2.75, 3.05) is 13.2 Å². The van der Waals surface area contributed by atoms with Crippen LogP contribution in [-0.2, 0) is 4.74 Å². The first kappa shape index (κ1) is 22.6. The highest BCUT2D eigenvalue weighted by atomic mass is 16.6. The van der Waals surface area contributed by atoms with E-state index >= 15 is 0 Å². The number of nitrogens with zero attached hydrogens (tertiary/aromatic N) is 1. The van der Waals surface area contributed by atoms with Crippen molar-refractivity contribution in [2.24, 2.45) is 0 Å². The number of rotatable bonds is 6. The molecule has 7 heteroatoms. The Labute approximate surface area is 171 Å². The van der Waals surface area contributed by atoms with Gasteiger partial charge in [-0.1, -0.05) is 6.07 Å². The lowest BCUT2D eigenvalue weighted by Gasteiger charge is -2.36. The Hall–Kier alpha value is -2.70. The average Bonchev–Trinajstić information content (AvgIpc) is 2.89. The molecule has 0 atom stereocenters. The molecule has 0 saturated carbocycles. The van der Waals surface area contributed by atoms with E-state index in [1.165, 1.54) is 0 Å². The standard InChI is InChI=1S/C22H31NO6/c1-14-17-15(10-8-11-16(17)28-18(14)19(24)25)27-13-9-12-23(21(2,3)4)20(26)29-22(5,6)7/h8,10-11H,9,12-13H2,1-7H3,(H,24,25). The van der Waals surface area contributed by atoms with Gasteiger partial charge in [-0.3, -0.25) is 0 Å². The fraction of sp³-hybridized carbons (Fsp3) is 0.545. The molecule has 0 aliphatic carbocycles. The van der Waals surface area contributed by atoms with E-state index in [0.717, 1.165) is 0 Å². The predicted molar refractivity (Wildman–Crippen MR) is 111 cm³/mol. The zero-order valence-electron chi connectivity index (χ0n) is 18.3. The van der Waals surface area contributed by atoms with E-state index in [4.69, 9.17) is 13.9 Å². The van der Waals surface area contributed by atoms with Gasteiger partial charge >= 0.3 is 12.1 Å². The van der Waals surface area contributed by atoms with Crippen molar-refractivity contribution in [3.8, 4) is 5.75 Å². The van der Waals surface area contributed by atoms with Crippen LogP contribution in [0.4, 0.5) is 4.79 Å². The molecular formula is C22H31NO6. The summed E-state index contributed by atoms with van der Waals surface area (Å²) in [5.74, 6) is -0.626. The van der Waals surface area contributed by atoms with E-state index in [1.54, 1.807) is 30.0 Å². The number of carbonyl (C=O) groups excluding carboxylic acids is 1. The molecule has 7 nitrogen and oxygen atoms in total. The van der Waals surface area contributed by atoms with Gasteiger partial charge in [-0.15, -0.1) is 0 Å². The summed E-state index contributed by atoms with van der Waals surface area (Å²) in [4.78, 5) is 25.5. The first-order valence-electron chi connectivity index (χ1n) is 9.70. The fourth-order valence-corrected chi connectivity index (χ4v) is 3.01. The predicted octanol–water partition coefficient (Wildman–Crippen LogP) is 5.24. The molecule has 1 aromatic carbocycles. The average molecular weight is 405 g/mol. The van der Waals surface area contributed by atoms with Gasteiger partial charge in [0.15, 0.2) is 0 Å². The maximum absolute atomic E-state index is 12.6. The molecule has 1 heterocycles. The third-order valence-corrected chi connectivity index (χ3v) is 4.32. The van der Waals surface area contributed by atoms with Crippen molar-refractivity contribution < 1.29 is 28.6 Å². The summed E-state index contributed by atoms with van der Waals surface area (Å²) >= 11 is 0. The van der Waals surface area contributed by atoms with Gasteiger partial charge in [0.1, 0.15) is 16.9 Å². The van der Waals surface area contributed by atoms with Gasteiger partial charge in [0.05, 0.1) is 12.0 Å². The molecule has 2 rings (SSSR count). The molecule has 0 radical (unpaired) electrons. The van der Waals surface area contributed by atoms with Gasteiger partial charge in [-0.2, -0.15) is 0 Å². The number of carbonyl (C=O) groups is 2. The third-order valence-electron chi connectivity index (χ3n) is 4.32. The van der Waals surface area contributed by atoms with Crippen molar-refractivity contribution >= 4 is 23.0 Å². The maximum Gasteiger partial charge on any atom is 0.410 e. The second-order valence-corrected chi connectivity index (χ2v) is 9.00. The van der Waals surface area contributed by atoms with Crippen LogP contribution in [-0.4, -0.2) is 46.4 Å². The van der Waals surface area contributed by atoms with Crippen LogP contribution in [0.2, 0.25) is 0 Å².